The van der Waals surface area contributed by atoms with Crippen molar-refractivity contribution in [2.75, 3.05) is 17.3 Å². The first-order valence-corrected chi connectivity index (χ1v) is 18.2. The van der Waals surface area contributed by atoms with E-state index in [4.69, 9.17) is 23.2 Å². The van der Waals surface area contributed by atoms with Crippen LogP contribution in [0.1, 0.15) is 53.6 Å². The third kappa shape index (κ3) is 10.3. The Morgan fingerprint density at radius 1 is 0.689 bits per heavy atom. The Hall–Kier alpha value is -1.96. The van der Waals surface area contributed by atoms with Gasteiger partial charge >= 0.3 is 0 Å². The minimum atomic E-state index is -0.232. The highest BCUT2D eigenvalue weighted by molar-refractivity contribution is 8.00. The molecule has 3 saturated heterocycles. The third-order valence-electron chi connectivity index (χ3n) is 7.24. The second-order valence-electron chi connectivity index (χ2n) is 10.6. The molecular weight excluding hydrogens is 674 g/mol. The minimum absolute atomic E-state index is 0.00482. The van der Waals surface area contributed by atoms with Crippen molar-refractivity contribution in [3.8, 4) is 0 Å². The Labute approximate surface area is 286 Å². The number of nitrogens with one attached hydrogen (secondary N) is 3. The smallest absolute Gasteiger partial charge is 0.147 e. The second kappa shape index (κ2) is 17.3. The zero-order valence-electron chi connectivity index (χ0n) is 25.0. The molecule has 1 aromatic heterocycles. The van der Waals surface area contributed by atoms with Gasteiger partial charge in [0.1, 0.15) is 23.2 Å². The standard InChI is InChI=1S/C11H11Cl2NOS.C11H12FNOS.C10H12N2OS/c1-6(15)9-5-16-11(14-9)10-7(12)3-2-4-8(10)13;1-7(14)10-6-15-11(13-10)8-2-4-9(12)5-3-8;1-7(13)9-6-14-10(12-9)8-3-2-4-11-5-8/h2-4,9,11,14H,5H2,1H3;2-5,10-11,13H,6H2,1H3;2-5,9-10,12H,6H2,1H3/t9-,11?;10-,11?;9-,10?/m000/s1. The Balaban J connectivity index is 0.000000154. The van der Waals surface area contributed by atoms with Crippen LogP contribution >= 0.6 is 58.5 Å². The summed E-state index contributed by atoms with van der Waals surface area (Å²) in [5.41, 5.74) is 3.03. The molecule has 3 unspecified atom stereocenters. The summed E-state index contributed by atoms with van der Waals surface area (Å²) in [4.78, 5) is 37.6. The van der Waals surface area contributed by atoms with Gasteiger partial charge in [-0.3, -0.25) is 35.3 Å². The SMILES string of the molecule is CC(=O)[C@@H]1CSC(c2c(Cl)cccc2Cl)N1.CC(=O)[C@@H]1CSC(c2ccc(F)cc2)N1.CC(=O)[C@@H]1CSC(c2cccnc2)N1. The molecule has 3 N–H and O–H groups in total. The normalized spacial score (nSPS) is 25.5. The summed E-state index contributed by atoms with van der Waals surface area (Å²) in [5.74, 6) is 2.70. The lowest BCUT2D eigenvalue weighted by Crippen LogP contribution is -2.32. The van der Waals surface area contributed by atoms with Gasteiger partial charge in [0, 0.05) is 45.3 Å². The van der Waals surface area contributed by atoms with Crippen molar-refractivity contribution >= 4 is 75.8 Å². The molecule has 13 heteroatoms. The number of ketones is 3. The largest absolute Gasteiger partial charge is 0.298 e. The van der Waals surface area contributed by atoms with Crippen molar-refractivity contribution in [3.05, 3.63) is 99.5 Å². The first-order valence-electron chi connectivity index (χ1n) is 14.3. The molecule has 3 aliphatic rings. The summed E-state index contributed by atoms with van der Waals surface area (Å²) in [6, 6.07) is 15.6. The Morgan fingerprint density at radius 3 is 1.60 bits per heavy atom. The molecule has 3 aromatic rings. The first kappa shape index (κ1) is 35.9. The van der Waals surface area contributed by atoms with Crippen LogP contribution in [0.25, 0.3) is 0 Å². The number of rotatable bonds is 6. The van der Waals surface area contributed by atoms with Crippen LogP contribution in [0.4, 0.5) is 4.39 Å². The highest BCUT2D eigenvalue weighted by Gasteiger charge is 2.31. The number of hydrogen-bond donors (Lipinski definition) is 3. The van der Waals surface area contributed by atoms with Gasteiger partial charge in [-0.05, 0) is 62.2 Å². The van der Waals surface area contributed by atoms with Crippen molar-refractivity contribution in [1.29, 1.82) is 0 Å². The van der Waals surface area contributed by atoms with Crippen LogP contribution in [0.3, 0.4) is 0 Å². The number of hydrogen-bond acceptors (Lipinski definition) is 10. The highest BCUT2D eigenvalue weighted by Crippen LogP contribution is 2.40. The number of carbonyl (C=O) groups excluding carboxylic acids is 3. The maximum atomic E-state index is 12.7. The van der Waals surface area contributed by atoms with E-state index in [1.54, 1.807) is 74.4 Å². The number of aromatic nitrogens is 1. The number of Topliss-reactive ketones (excluding diaryl/α,β-unsaturated/α-hetero) is 3. The molecule has 0 amide bonds. The molecular formula is C32H35Cl2FN4O3S3. The van der Waals surface area contributed by atoms with Crippen LogP contribution in [-0.2, 0) is 14.4 Å². The topological polar surface area (TPSA) is 100 Å². The van der Waals surface area contributed by atoms with Gasteiger partial charge in [-0.25, -0.2) is 4.39 Å². The molecule has 3 fully saturated rings. The van der Waals surface area contributed by atoms with E-state index in [-0.39, 0.29) is 57.4 Å². The van der Waals surface area contributed by atoms with Gasteiger partial charge in [0.05, 0.1) is 34.2 Å². The molecule has 240 valence electrons. The van der Waals surface area contributed by atoms with Crippen LogP contribution in [0.5, 0.6) is 0 Å². The van der Waals surface area contributed by atoms with E-state index in [0.29, 0.717) is 10.0 Å². The van der Waals surface area contributed by atoms with E-state index < -0.39 is 0 Å². The lowest BCUT2D eigenvalue weighted by atomic mass is 10.2. The van der Waals surface area contributed by atoms with Gasteiger partial charge < -0.3 is 0 Å². The van der Waals surface area contributed by atoms with E-state index in [0.717, 1.165) is 33.9 Å². The van der Waals surface area contributed by atoms with Gasteiger partial charge in [0.15, 0.2) is 0 Å². The number of halogens is 3. The maximum Gasteiger partial charge on any atom is 0.147 e. The molecule has 45 heavy (non-hydrogen) atoms. The van der Waals surface area contributed by atoms with Gasteiger partial charge in [-0.15, -0.1) is 35.3 Å². The minimum Gasteiger partial charge on any atom is -0.298 e. The van der Waals surface area contributed by atoms with Crippen LogP contribution in [0.15, 0.2) is 67.0 Å². The number of carbonyl (C=O) groups is 3. The van der Waals surface area contributed by atoms with Crippen molar-refractivity contribution < 1.29 is 18.8 Å². The summed E-state index contributed by atoms with van der Waals surface area (Å²) in [7, 11) is 0. The summed E-state index contributed by atoms with van der Waals surface area (Å²) in [6.45, 7) is 4.81. The van der Waals surface area contributed by atoms with Gasteiger partial charge in [-0.1, -0.05) is 47.5 Å². The zero-order valence-corrected chi connectivity index (χ0v) is 28.9. The maximum absolute atomic E-state index is 12.7. The molecule has 0 saturated carbocycles. The van der Waals surface area contributed by atoms with Crippen LogP contribution in [0.2, 0.25) is 10.0 Å². The Morgan fingerprint density at radius 2 is 1.16 bits per heavy atom. The van der Waals surface area contributed by atoms with Gasteiger partial charge in [0.25, 0.3) is 0 Å². The molecule has 4 heterocycles. The molecule has 7 nitrogen and oxygen atoms in total. The fourth-order valence-electron chi connectivity index (χ4n) is 4.60. The fourth-order valence-corrected chi connectivity index (χ4v) is 9.38. The molecule has 6 rings (SSSR count). The van der Waals surface area contributed by atoms with E-state index in [1.807, 2.05) is 36.5 Å². The third-order valence-corrected chi connectivity index (χ3v) is 11.7. The van der Waals surface area contributed by atoms with E-state index in [2.05, 4.69) is 20.9 Å². The Kier molecular flexibility index (Phi) is 13.8. The second-order valence-corrected chi connectivity index (χ2v) is 14.8. The number of thioether (sulfide) groups is 3. The van der Waals surface area contributed by atoms with Gasteiger partial charge in [-0.2, -0.15) is 0 Å². The van der Waals surface area contributed by atoms with Crippen LogP contribution in [0, 0.1) is 5.82 Å². The lowest BCUT2D eigenvalue weighted by molar-refractivity contribution is -0.119. The van der Waals surface area contributed by atoms with Crippen molar-refractivity contribution in [1.82, 2.24) is 20.9 Å². The average molecular weight is 710 g/mol. The number of benzene rings is 2. The molecule has 3 aliphatic heterocycles. The summed E-state index contributed by atoms with van der Waals surface area (Å²) in [6.07, 6.45) is 3.60. The average Bonchev–Trinajstić information content (AvgIpc) is 3.80. The van der Waals surface area contributed by atoms with Crippen molar-refractivity contribution in [2.24, 2.45) is 0 Å². The lowest BCUT2D eigenvalue weighted by Gasteiger charge is -2.14. The summed E-state index contributed by atoms with van der Waals surface area (Å²) in [5, 5.41) is 11.4. The number of pyridine rings is 1. The predicted octanol–water partition coefficient (Wildman–Crippen LogP) is 6.78. The molecule has 2 aromatic carbocycles. The molecule has 0 aliphatic carbocycles. The predicted molar refractivity (Wildman–Crippen MR) is 186 cm³/mol. The summed E-state index contributed by atoms with van der Waals surface area (Å²) >= 11 is 17.3. The molecule has 6 atom stereocenters. The monoisotopic (exact) mass is 708 g/mol. The van der Waals surface area contributed by atoms with Crippen LogP contribution in [-0.4, -0.2) is 57.7 Å². The van der Waals surface area contributed by atoms with E-state index >= 15 is 0 Å². The van der Waals surface area contributed by atoms with Crippen molar-refractivity contribution in [3.63, 3.8) is 0 Å². The number of nitrogens with zero attached hydrogens (tertiary/aromatic N) is 1. The highest BCUT2D eigenvalue weighted by atomic mass is 35.5. The summed E-state index contributed by atoms with van der Waals surface area (Å²) < 4.78 is 12.7. The fraction of sp³-hybridized carbons (Fsp3) is 0.375. The quantitative estimate of drug-likeness (QED) is 0.254. The van der Waals surface area contributed by atoms with E-state index in [9.17, 15) is 18.8 Å². The van der Waals surface area contributed by atoms with Gasteiger partial charge in [0.2, 0.25) is 0 Å². The molecule has 0 spiro atoms. The van der Waals surface area contributed by atoms with E-state index in [1.165, 1.54) is 12.1 Å². The first-order chi connectivity index (χ1) is 21.5. The zero-order chi connectivity index (χ0) is 32.5. The molecule has 0 bridgehead atoms. The Bertz CT molecular complexity index is 1450. The molecule has 0 radical (unpaired) electrons. The van der Waals surface area contributed by atoms with Crippen LogP contribution < -0.4 is 16.0 Å². The van der Waals surface area contributed by atoms with Crippen molar-refractivity contribution in [2.45, 2.75) is 55.0 Å².